The van der Waals surface area contributed by atoms with Crippen molar-refractivity contribution >= 4 is 57.4 Å². The highest BCUT2D eigenvalue weighted by Gasteiger charge is 2.33. The summed E-state index contributed by atoms with van der Waals surface area (Å²) in [6, 6.07) is 72.4. The molecule has 0 saturated heterocycles. The third-order valence-electron chi connectivity index (χ3n) is 10.0. The summed E-state index contributed by atoms with van der Waals surface area (Å²) in [6.45, 7) is 0. The second-order valence-corrected chi connectivity index (χ2v) is 16.5. The van der Waals surface area contributed by atoms with Gasteiger partial charge in [-0.05, 0) is 84.9 Å². The predicted molar refractivity (Wildman–Crippen MR) is 239 cm³/mol. The standard InChI is InChI=1S/C51H38N5OP/c57-58(45-27-9-3-10-28-45,46-29-11-4-12-30-46)47-37-50(55(41-21-5-1-6-22-41)43-25-17-19-39(35-43)48-31-13-15-33-52-48)54-51(38-47)56(42-23-7-2-8-24-42)44-26-18-20-40(36-44)49-32-14-16-34-53-49/h1-38H. The van der Waals surface area contributed by atoms with Crippen LogP contribution in [0, 0.1) is 0 Å². The molecule has 3 heterocycles. The molecule has 0 fully saturated rings. The predicted octanol–water partition coefficient (Wildman–Crippen LogP) is 11.8. The Labute approximate surface area is 338 Å². The van der Waals surface area contributed by atoms with E-state index in [1.54, 1.807) is 12.4 Å². The van der Waals surface area contributed by atoms with Gasteiger partial charge in [-0.2, -0.15) is 0 Å². The molecule has 0 amide bonds. The van der Waals surface area contributed by atoms with Gasteiger partial charge in [0.2, 0.25) is 0 Å². The highest BCUT2D eigenvalue weighted by atomic mass is 31.2. The maximum atomic E-state index is 16.3. The van der Waals surface area contributed by atoms with E-state index in [4.69, 9.17) is 4.98 Å². The molecule has 0 aliphatic carbocycles. The molecule has 0 unspecified atom stereocenters. The zero-order valence-electron chi connectivity index (χ0n) is 31.5. The van der Waals surface area contributed by atoms with Crippen molar-refractivity contribution in [1.82, 2.24) is 15.0 Å². The quantitative estimate of drug-likeness (QED) is 0.122. The van der Waals surface area contributed by atoms with Crippen LogP contribution in [0.2, 0.25) is 0 Å². The largest absolute Gasteiger partial charge is 0.309 e. The van der Waals surface area contributed by atoms with Crippen molar-refractivity contribution in [2.45, 2.75) is 0 Å². The van der Waals surface area contributed by atoms with Crippen molar-refractivity contribution in [1.29, 1.82) is 0 Å². The van der Waals surface area contributed by atoms with Gasteiger partial charge in [0, 0.05) is 62.2 Å². The Morgan fingerprint density at radius 1 is 0.345 bits per heavy atom. The lowest BCUT2D eigenvalue weighted by Crippen LogP contribution is -2.27. The van der Waals surface area contributed by atoms with Crippen LogP contribution in [0.1, 0.15) is 0 Å². The summed E-state index contributed by atoms with van der Waals surface area (Å²) in [5, 5.41) is 2.11. The summed E-state index contributed by atoms with van der Waals surface area (Å²) in [5.41, 5.74) is 7.20. The Bertz CT molecular complexity index is 2620. The van der Waals surface area contributed by atoms with E-state index in [0.29, 0.717) is 16.9 Å². The van der Waals surface area contributed by atoms with E-state index in [2.05, 4.69) is 80.4 Å². The Hall–Kier alpha value is -7.40. The van der Waals surface area contributed by atoms with Crippen molar-refractivity contribution in [2.24, 2.45) is 0 Å². The Morgan fingerprint density at radius 2 is 0.724 bits per heavy atom. The maximum Gasteiger partial charge on any atom is 0.171 e. The average molecular weight is 768 g/mol. The van der Waals surface area contributed by atoms with Gasteiger partial charge >= 0.3 is 0 Å². The highest BCUT2D eigenvalue weighted by Crippen LogP contribution is 2.46. The summed E-state index contributed by atoms with van der Waals surface area (Å²) in [5.74, 6) is 1.21. The number of anilines is 6. The van der Waals surface area contributed by atoms with E-state index in [-0.39, 0.29) is 0 Å². The van der Waals surface area contributed by atoms with Crippen molar-refractivity contribution in [3.63, 3.8) is 0 Å². The molecule has 0 aliphatic rings. The monoisotopic (exact) mass is 767 g/mol. The minimum Gasteiger partial charge on any atom is -0.309 e. The summed E-state index contributed by atoms with van der Waals surface area (Å²) in [6.07, 6.45) is 3.61. The number of nitrogens with zero attached hydrogens (tertiary/aromatic N) is 5. The molecule has 0 radical (unpaired) electrons. The molecule has 9 aromatic rings. The van der Waals surface area contributed by atoms with E-state index in [0.717, 1.165) is 55.9 Å². The first-order valence-electron chi connectivity index (χ1n) is 19.1. The maximum absolute atomic E-state index is 16.3. The van der Waals surface area contributed by atoms with Crippen LogP contribution in [0.5, 0.6) is 0 Å². The number of benzene rings is 6. The van der Waals surface area contributed by atoms with Gasteiger partial charge in [-0.3, -0.25) is 19.8 Å². The summed E-state index contributed by atoms with van der Waals surface area (Å²) in [7, 11) is -3.50. The number of hydrogen-bond donors (Lipinski definition) is 0. The first-order chi connectivity index (χ1) is 28.6. The molecule has 0 bridgehead atoms. The Balaban J connectivity index is 1.34. The van der Waals surface area contributed by atoms with Crippen LogP contribution in [-0.4, -0.2) is 15.0 Å². The van der Waals surface area contributed by atoms with Gasteiger partial charge in [-0.1, -0.05) is 133 Å². The summed E-state index contributed by atoms with van der Waals surface area (Å²) < 4.78 is 16.3. The molecule has 9 rings (SSSR count). The lowest BCUT2D eigenvalue weighted by molar-refractivity contribution is 0.592. The van der Waals surface area contributed by atoms with Gasteiger partial charge in [0.05, 0.1) is 11.4 Å². The van der Waals surface area contributed by atoms with E-state index < -0.39 is 7.14 Å². The second kappa shape index (κ2) is 16.4. The molecule has 278 valence electrons. The fourth-order valence-electron chi connectivity index (χ4n) is 7.28. The molecule has 0 spiro atoms. The van der Waals surface area contributed by atoms with E-state index >= 15 is 4.57 Å². The molecule has 58 heavy (non-hydrogen) atoms. The van der Waals surface area contributed by atoms with Crippen LogP contribution in [0.25, 0.3) is 22.5 Å². The van der Waals surface area contributed by atoms with Gasteiger partial charge in [0.1, 0.15) is 11.6 Å². The van der Waals surface area contributed by atoms with Gasteiger partial charge in [0.25, 0.3) is 0 Å². The SMILES string of the molecule is O=P(c1ccccc1)(c1ccccc1)c1cc(N(c2ccccc2)c2cccc(-c3ccccn3)c2)nc(N(c2ccccc2)c2cccc(-c3ccccn3)c2)c1. The molecule has 3 aromatic heterocycles. The van der Waals surface area contributed by atoms with Gasteiger partial charge < -0.3 is 4.57 Å². The first kappa shape index (κ1) is 36.3. The van der Waals surface area contributed by atoms with Crippen LogP contribution in [0.4, 0.5) is 34.4 Å². The smallest absolute Gasteiger partial charge is 0.171 e. The van der Waals surface area contributed by atoms with Crippen LogP contribution in [-0.2, 0) is 4.57 Å². The molecule has 6 aromatic carbocycles. The van der Waals surface area contributed by atoms with Crippen LogP contribution in [0.3, 0.4) is 0 Å². The van der Waals surface area contributed by atoms with Crippen LogP contribution < -0.4 is 25.7 Å². The third-order valence-corrected chi connectivity index (χ3v) is 13.0. The minimum atomic E-state index is -3.50. The van der Waals surface area contributed by atoms with Crippen LogP contribution >= 0.6 is 7.14 Å². The lowest BCUT2D eigenvalue weighted by Gasteiger charge is -2.30. The normalized spacial score (nSPS) is 11.2. The van der Waals surface area contributed by atoms with E-state index in [1.807, 2.05) is 158 Å². The van der Waals surface area contributed by atoms with Crippen LogP contribution in [0.15, 0.2) is 231 Å². The molecular formula is C51H38N5OP. The van der Waals surface area contributed by atoms with Crippen molar-refractivity contribution < 1.29 is 4.57 Å². The minimum absolute atomic E-state index is 0.603. The molecule has 6 nitrogen and oxygen atoms in total. The second-order valence-electron chi connectivity index (χ2n) is 13.7. The van der Waals surface area contributed by atoms with Crippen molar-refractivity contribution in [3.8, 4) is 22.5 Å². The summed E-state index contributed by atoms with van der Waals surface area (Å²) in [4.78, 5) is 19.1. The number of aromatic nitrogens is 3. The fourth-order valence-corrected chi connectivity index (χ4v) is 9.95. The number of hydrogen-bond acceptors (Lipinski definition) is 6. The molecule has 7 heteroatoms. The Morgan fingerprint density at radius 3 is 1.12 bits per heavy atom. The zero-order valence-corrected chi connectivity index (χ0v) is 32.4. The summed E-state index contributed by atoms with van der Waals surface area (Å²) >= 11 is 0. The number of para-hydroxylation sites is 2. The molecule has 0 atom stereocenters. The highest BCUT2D eigenvalue weighted by molar-refractivity contribution is 7.85. The third kappa shape index (κ3) is 7.33. The van der Waals surface area contributed by atoms with Gasteiger partial charge in [-0.15, -0.1) is 0 Å². The number of rotatable bonds is 11. The zero-order chi connectivity index (χ0) is 39.2. The van der Waals surface area contributed by atoms with E-state index in [9.17, 15) is 0 Å². The van der Waals surface area contributed by atoms with Gasteiger partial charge in [-0.25, -0.2) is 4.98 Å². The lowest BCUT2D eigenvalue weighted by atomic mass is 10.1. The average Bonchev–Trinajstić information content (AvgIpc) is 3.31. The van der Waals surface area contributed by atoms with Crippen molar-refractivity contribution in [3.05, 3.63) is 231 Å². The molecule has 0 aliphatic heterocycles. The van der Waals surface area contributed by atoms with E-state index in [1.165, 1.54) is 0 Å². The number of pyridine rings is 3. The first-order valence-corrected chi connectivity index (χ1v) is 20.8. The molecular weight excluding hydrogens is 730 g/mol. The molecule has 0 saturated carbocycles. The molecule has 0 N–H and O–H groups in total. The Kier molecular flexibility index (Phi) is 10.2. The fraction of sp³-hybridized carbons (Fsp3) is 0. The van der Waals surface area contributed by atoms with Crippen molar-refractivity contribution in [2.75, 3.05) is 9.80 Å². The van der Waals surface area contributed by atoms with Gasteiger partial charge in [0.15, 0.2) is 7.14 Å². The topological polar surface area (TPSA) is 62.2 Å².